The molecule has 1 fully saturated rings. The van der Waals surface area contributed by atoms with E-state index in [1.807, 2.05) is 11.0 Å². The van der Waals surface area contributed by atoms with Crippen molar-refractivity contribution < 1.29 is 4.79 Å². The number of aromatic amines is 2. The van der Waals surface area contributed by atoms with Crippen molar-refractivity contribution >= 4 is 16.8 Å². The molecule has 1 aliphatic heterocycles. The van der Waals surface area contributed by atoms with Crippen molar-refractivity contribution in [2.45, 2.75) is 18.8 Å². The predicted molar refractivity (Wildman–Crippen MR) is 108 cm³/mol. The molecule has 4 aromatic rings. The van der Waals surface area contributed by atoms with E-state index < -0.39 is 0 Å². The first-order valence-corrected chi connectivity index (χ1v) is 9.62. The van der Waals surface area contributed by atoms with E-state index in [1.165, 1.54) is 28.4 Å². The highest BCUT2D eigenvalue weighted by atomic mass is 16.2. The van der Waals surface area contributed by atoms with Crippen LogP contribution in [-0.2, 0) is 0 Å². The molecule has 0 atom stereocenters. The van der Waals surface area contributed by atoms with Crippen molar-refractivity contribution in [1.29, 1.82) is 0 Å². The van der Waals surface area contributed by atoms with E-state index in [-0.39, 0.29) is 5.91 Å². The highest BCUT2D eigenvalue weighted by Gasteiger charge is 2.29. The molecule has 0 saturated carbocycles. The number of para-hydroxylation sites is 1. The molecule has 6 heteroatoms. The third-order valence-electron chi connectivity index (χ3n) is 5.63. The molecule has 2 N–H and O–H groups in total. The molecular formula is C22H21N5O. The van der Waals surface area contributed by atoms with Crippen LogP contribution < -0.4 is 0 Å². The Morgan fingerprint density at radius 3 is 2.50 bits per heavy atom. The van der Waals surface area contributed by atoms with Crippen LogP contribution in [0.25, 0.3) is 22.2 Å². The monoisotopic (exact) mass is 371 g/mol. The van der Waals surface area contributed by atoms with Gasteiger partial charge in [-0.05, 0) is 36.0 Å². The van der Waals surface area contributed by atoms with E-state index in [1.54, 1.807) is 0 Å². The number of carbonyl (C=O) groups is 1. The number of fused-ring (bicyclic) bond motifs is 1. The fourth-order valence-corrected chi connectivity index (χ4v) is 4.26. The van der Waals surface area contributed by atoms with Gasteiger partial charge in [-0.25, -0.2) is 0 Å². The average Bonchev–Trinajstić information content (AvgIpc) is 3.42. The molecule has 140 valence electrons. The van der Waals surface area contributed by atoms with E-state index in [0.29, 0.717) is 11.6 Å². The van der Waals surface area contributed by atoms with Gasteiger partial charge in [-0.3, -0.25) is 4.79 Å². The van der Waals surface area contributed by atoms with Crippen molar-refractivity contribution in [3.05, 3.63) is 72.1 Å². The van der Waals surface area contributed by atoms with Gasteiger partial charge in [0.2, 0.25) is 0 Å². The first kappa shape index (κ1) is 16.7. The highest BCUT2D eigenvalue weighted by molar-refractivity contribution is 5.93. The Morgan fingerprint density at radius 1 is 1.00 bits per heavy atom. The van der Waals surface area contributed by atoms with Crippen LogP contribution in [0.15, 0.2) is 60.8 Å². The van der Waals surface area contributed by atoms with Gasteiger partial charge in [0.25, 0.3) is 5.91 Å². The van der Waals surface area contributed by atoms with Crippen molar-refractivity contribution in [2.75, 3.05) is 13.1 Å². The summed E-state index contributed by atoms with van der Waals surface area (Å²) in [5.41, 5.74) is 5.32. The lowest BCUT2D eigenvalue weighted by molar-refractivity contribution is 0.0707. The van der Waals surface area contributed by atoms with E-state index >= 15 is 0 Å². The number of H-pyrrole nitrogens is 2. The number of hydrogen-bond donors (Lipinski definition) is 2. The summed E-state index contributed by atoms with van der Waals surface area (Å²) in [4.78, 5) is 18.1. The largest absolute Gasteiger partial charge is 0.354 e. The fourth-order valence-electron chi connectivity index (χ4n) is 4.26. The zero-order valence-corrected chi connectivity index (χ0v) is 15.4. The van der Waals surface area contributed by atoms with Gasteiger partial charge in [0.15, 0.2) is 5.69 Å². The van der Waals surface area contributed by atoms with Crippen LogP contribution >= 0.6 is 0 Å². The number of likely N-dealkylation sites (tertiary alicyclic amines) is 1. The number of nitrogens with zero attached hydrogens (tertiary/aromatic N) is 3. The van der Waals surface area contributed by atoms with E-state index in [4.69, 9.17) is 0 Å². The Hall–Kier alpha value is -3.41. The van der Waals surface area contributed by atoms with Crippen LogP contribution in [0.2, 0.25) is 0 Å². The van der Waals surface area contributed by atoms with E-state index in [9.17, 15) is 4.79 Å². The minimum Gasteiger partial charge on any atom is -0.354 e. The summed E-state index contributed by atoms with van der Waals surface area (Å²) in [6.45, 7) is 1.45. The van der Waals surface area contributed by atoms with Gasteiger partial charge in [0.05, 0.1) is 6.20 Å². The smallest absolute Gasteiger partial charge is 0.276 e. The van der Waals surface area contributed by atoms with Crippen LogP contribution in [-0.4, -0.2) is 44.3 Å². The molecule has 0 aliphatic carbocycles. The van der Waals surface area contributed by atoms with Gasteiger partial charge in [-0.15, -0.1) is 0 Å². The molecule has 1 saturated heterocycles. The molecule has 3 heterocycles. The summed E-state index contributed by atoms with van der Waals surface area (Å²) in [7, 11) is 0. The summed E-state index contributed by atoms with van der Waals surface area (Å²) in [6, 6.07) is 19.0. The SMILES string of the molecule is O=C(c1cn[nH]n1)N1CCC(c2c(-c3ccccc3)[nH]c3ccccc23)CC1. The molecular weight excluding hydrogens is 350 g/mol. The maximum absolute atomic E-state index is 12.6. The van der Waals surface area contributed by atoms with Gasteiger partial charge >= 0.3 is 0 Å². The van der Waals surface area contributed by atoms with Gasteiger partial charge in [0, 0.05) is 29.7 Å². The summed E-state index contributed by atoms with van der Waals surface area (Å²) < 4.78 is 0. The van der Waals surface area contributed by atoms with Gasteiger partial charge in [-0.1, -0.05) is 48.5 Å². The molecule has 0 spiro atoms. The molecule has 2 aromatic heterocycles. The van der Waals surface area contributed by atoms with Crippen LogP contribution in [0.1, 0.15) is 34.8 Å². The number of nitrogens with one attached hydrogen (secondary N) is 2. The Kier molecular flexibility index (Phi) is 4.16. The quantitative estimate of drug-likeness (QED) is 0.572. The lowest BCUT2D eigenvalue weighted by Gasteiger charge is -2.32. The normalized spacial score (nSPS) is 15.2. The lowest BCUT2D eigenvalue weighted by atomic mass is 9.86. The standard InChI is InChI=1S/C22H21N5O/c28-22(19-14-23-26-25-19)27-12-10-15(11-13-27)20-17-8-4-5-9-18(17)24-21(20)16-6-2-1-3-7-16/h1-9,14-15,24H,10-13H2,(H,23,25,26). The first-order chi connectivity index (χ1) is 13.8. The zero-order chi connectivity index (χ0) is 18.9. The second-order valence-corrected chi connectivity index (χ2v) is 7.25. The Morgan fingerprint density at radius 2 is 1.75 bits per heavy atom. The van der Waals surface area contributed by atoms with Crippen molar-refractivity contribution in [3.63, 3.8) is 0 Å². The van der Waals surface area contributed by atoms with Crippen molar-refractivity contribution in [1.82, 2.24) is 25.3 Å². The maximum Gasteiger partial charge on any atom is 0.276 e. The first-order valence-electron chi connectivity index (χ1n) is 9.62. The average molecular weight is 371 g/mol. The maximum atomic E-state index is 12.6. The molecule has 2 aromatic carbocycles. The fraction of sp³-hybridized carbons (Fsp3) is 0.227. The number of rotatable bonds is 3. The van der Waals surface area contributed by atoms with E-state index in [0.717, 1.165) is 31.4 Å². The molecule has 5 rings (SSSR count). The Balaban J connectivity index is 1.46. The number of carbonyl (C=O) groups excluding carboxylic acids is 1. The number of amides is 1. The van der Waals surface area contributed by atoms with Crippen LogP contribution in [0.5, 0.6) is 0 Å². The van der Waals surface area contributed by atoms with Gasteiger partial charge in [-0.2, -0.15) is 15.4 Å². The topological polar surface area (TPSA) is 77.7 Å². The Bertz CT molecular complexity index is 1090. The summed E-state index contributed by atoms with van der Waals surface area (Å²) >= 11 is 0. The van der Waals surface area contributed by atoms with Crippen LogP contribution in [0.3, 0.4) is 0 Å². The predicted octanol–water partition coefficient (Wildman–Crippen LogP) is 3.97. The second kappa shape index (κ2) is 6.96. The second-order valence-electron chi connectivity index (χ2n) is 7.25. The summed E-state index contributed by atoms with van der Waals surface area (Å²) in [5.74, 6) is 0.363. The van der Waals surface area contributed by atoms with Crippen LogP contribution in [0.4, 0.5) is 0 Å². The number of aromatic nitrogens is 4. The highest BCUT2D eigenvalue weighted by Crippen LogP contribution is 2.40. The molecule has 0 unspecified atom stereocenters. The minimum absolute atomic E-state index is 0.0468. The number of benzene rings is 2. The minimum atomic E-state index is -0.0468. The molecule has 1 amide bonds. The van der Waals surface area contributed by atoms with Crippen molar-refractivity contribution in [2.24, 2.45) is 0 Å². The van der Waals surface area contributed by atoms with Gasteiger partial charge in [0.1, 0.15) is 0 Å². The lowest BCUT2D eigenvalue weighted by Crippen LogP contribution is -2.38. The van der Waals surface area contributed by atoms with Crippen LogP contribution in [0, 0.1) is 0 Å². The Labute approximate surface area is 162 Å². The number of hydrogen-bond acceptors (Lipinski definition) is 3. The molecule has 6 nitrogen and oxygen atoms in total. The number of piperidine rings is 1. The molecule has 1 aliphatic rings. The van der Waals surface area contributed by atoms with Crippen molar-refractivity contribution in [3.8, 4) is 11.3 Å². The summed E-state index contributed by atoms with van der Waals surface area (Å²) in [6.07, 6.45) is 3.36. The zero-order valence-electron chi connectivity index (χ0n) is 15.4. The summed E-state index contributed by atoms with van der Waals surface area (Å²) in [5, 5.41) is 11.5. The molecule has 0 radical (unpaired) electrons. The molecule has 0 bridgehead atoms. The van der Waals surface area contributed by atoms with E-state index in [2.05, 4.69) is 68.9 Å². The third-order valence-corrected chi connectivity index (χ3v) is 5.63. The molecule has 28 heavy (non-hydrogen) atoms. The van der Waals surface area contributed by atoms with Gasteiger partial charge < -0.3 is 9.88 Å². The third kappa shape index (κ3) is 2.87.